The van der Waals surface area contributed by atoms with Crippen LogP contribution in [0.3, 0.4) is 0 Å². The molecule has 1 aliphatic heterocycles. The van der Waals surface area contributed by atoms with Gasteiger partial charge in [0.1, 0.15) is 11.5 Å². The molecule has 1 saturated heterocycles. The van der Waals surface area contributed by atoms with Crippen molar-refractivity contribution in [3.63, 3.8) is 0 Å². The van der Waals surface area contributed by atoms with Crippen molar-refractivity contribution in [1.82, 2.24) is 9.80 Å². The molecule has 1 aromatic rings. The van der Waals surface area contributed by atoms with E-state index in [4.69, 9.17) is 4.42 Å². The Balaban J connectivity index is 2.21. The van der Waals surface area contributed by atoms with Crippen LogP contribution in [0, 0.1) is 13.8 Å². The van der Waals surface area contributed by atoms with Crippen molar-refractivity contribution in [2.24, 2.45) is 0 Å². The molecule has 0 bridgehead atoms. The second kappa shape index (κ2) is 6.68. The molecule has 0 radical (unpaired) electrons. The van der Waals surface area contributed by atoms with Crippen molar-refractivity contribution in [1.29, 1.82) is 0 Å². The maximum absolute atomic E-state index is 12.8. The zero-order valence-electron chi connectivity index (χ0n) is 12.8. The van der Waals surface area contributed by atoms with Crippen molar-refractivity contribution < 1.29 is 9.21 Å². The fourth-order valence-electron chi connectivity index (χ4n) is 2.67. The normalized spacial score (nSPS) is 20.2. The second-order valence-corrected chi connectivity index (χ2v) is 6.82. The first kappa shape index (κ1) is 15.4. The molecule has 0 aliphatic carbocycles. The molecule has 0 spiro atoms. The summed E-state index contributed by atoms with van der Waals surface area (Å²) < 4.78 is 5.51. The zero-order valence-corrected chi connectivity index (χ0v) is 13.6. The van der Waals surface area contributed by atoms with Crippen molar-refractivity contribution >= 4 is 17.7 Å². The predicted molar refractivity (Wildman–Crippen MR) is 83.5 cm³/mol. The first-order valence-corrected chi connectivity index (χ1v) is 8.25. The van der Waals surface area contributed by atoms with E-state index in [0.717, 1.165) is 48.1 Å². The summed E-state index contributed by atoms with van der Waals surface area (Å²) in [5.41, 5.74) is 0.721. The van der Waals surface area contributed by atoms with Crippen LogP contribution in [0.5, 0.6) is 0 Å². The van der Waals surface area contributed by atoms with Gasteiger partial charge in [-0.05, 0) is 46.2 Å². The number of thioether (sulfide) groups is 1. The monoisotopic (exact) mass is 296 g/mol. The Morgan fingerprint density at radius 3 is 2.85 bits per heavy atom. The summed E-state index contributed by atoms with van der Waals surface area (Å²) in [6, 6.07) is 2.14. The Kier molecular flexibility index (Phi) is 5.16. The van der Waals surface area contributed by atoms with Crippen LogP contribution in [0.2, 0.25) is 0 Å². The van der Waals surface area contributed by atoms with Crippen LogP contribution in [0.25, 0.3) is 0 Å². The Bertz CT molecular complexity index is 470. The van der Waals surface area contributed by atoms with Gasteiger partial charge in [0.25, 0.3) is 5.91 Å². The molecule has 4 nitrogen and oxygen atoms in total. The number of likely N-dealkylation sites (N-methyl/N-ethyl adjacent to an activating group) is 1. The lowest BCUT2D eigenvalue weighted by atomic mass is 10.1. The molecule has 0 aromatic carbocycles. The molecule has 1 aliphatic rings. The third kappa shape index (κ3) is 3.58. The Morgan fingerprint density at radius 1 is 1.50 bits per heavy atom. The van der Waals surface area contributed by atoms with Gasteiger partial charge in [0.2, 0.25) is 0 Å². The van der Waals surface area contributed by atoms with Crippen LogP contribution in [0.15, 0.2) is 10.5 Å². The molecule has 0 unspecified atom stereocenters. The van der Waals surface area contributed by atoms with Crippen LogP contribution >= 0.6 is 11.8 Å². The molecule has 0 N–H and O–H groups in total. The summed E-state index contributed by atoms with van der Waals surface area (Å²) in [6.07, 6.45) is 1.07. The second-order valence-electron chi connectivity index (χ2n) is 5.67. The van der Waals surface area contributed by atoms with Gasteiger partial charge in [-0.25, -0.2) is 0 Å². The standard InChI is InChI=1S/C15H24N2O2S/c1-11-8-14(12(2)19-11)15(18)17-6-5-7-20-10-13(17)9-16(3)4/h8,13H,5-7,9-10H2,1-4H3/t13-/m0/s1. The van der Waals surface area contributed by atoms with E-state index < -0.39 is 0 Å². The molecule has 1 aromatic heterocycles. The van der Waals surface area contributed by atoms with E-state index in [1.165, 1.54) is 0 Å². The molecule has 2 heterocycles. The largest absolute Gasteiger partial charge is 0.466 e. The summed E-state index contributed by atoms with van der Waals surface area (Å²) in [4.78, 5) is 17.0. The summed E-state index contributed by atoms with van der Waals surface area (Å²) in [5, 5.41) is 0. The summed E-state index contributed by atoms with van der Waals surface area (Å²) in [6.45, 7) is 5.51. The van der Waals surface area contributed by atoms with Gasteiger partial charge in [-0.2, -0.15) is 11.8 Å². The van der Waals surface area contributed by atoms with Gasteiger partial charge in [-0.1, -0.05) is 0 Å². The van der Waals surface area contributed by atoms with Gasteiger partial charge in [-0.3, -0.25) is 4.79 Å². The van der Waals surface area contributed by atoms with Crippen molar-refractivity contribution in [3.05, 3.63) is 23.2 Å². The van der Waals surface area contributed by atoms with Crippen molar-refractivity contribution in [3.8, 4) is 0 Å². The van der Waals surface area contributed by atoms with Crippen LogP contribution in [0.1, 0.15) is 28.3 Å². The third-order valence-electron chi connectivity index (χ3n) is 3.55. The minimum atomic E-state index is 0.119. The highest BCUT2D eigenvalue weighted by Gasteiger charge is 2.28. The maximum Gasteiger partial charge on any atom is 0.257 e. The average Bonchev–Trinajstić information content (AvgIpc) is 2.58. The van der Waals surface area contributed by atoms with Crippen LogP contribution in [0.4, 0.5) is 0 Å². The van der Waals surface area contributed by atoms with E-state index in [-0.39, 0.29) is 11.9 Å². The van der Waals surface area contributed by atoms with E-state index in [0.29, 0.717) is 0 Å². The number of carbonyl (C=O) groups excluding carboxylic acids is 1. The SMILES string of the molecule is Cc1cc(C(=O)N2CCCSC[C@@H]2CN(C)C)c(C)o1. The van der Waals surface area contributed by atoms with Crippen molar-refractivity contribution in [2.45, 2.75) is 26.3 Å². The predicted octanol–water partition coefficient (Wildman–Crippen LogP) is 2.41. The number of amides is 1. The van der Waals surface area contributed by atoms with E-state index in [1.807, 2.05) is 36.6 Å². The molecular weight excluding hydrogens is 272 g/mol. The fourth-order valence-corrected chi connectivity index (χ4v) is 3.72. The average molecular weight is 296 g/mol. The first-order chi connectivity index (χ1) is 9.49. The molecule has 1 fully saturated rings. The van der Waals surface area contributed by atoms with Crippen LogP contribution < -0.4 is 0 Å². The van der Waals surface area contributed by atoms with Crippen molar-refractivity contribution in [2.75, 3.05) is 38.7 Å². The Hall–Kier alpha value is -0.940. The molecule has 20 heavy (non-hydrogen) atoms. The summed E-state index contributed by atoms with van der Waals surface area (Å²) in [7, 11) is 4.12. The highest BCUT2D eigenvalue weighted by molar-refractivity contribution is 7.99. The first-order valence-electron chi connectivity index (χ1n) is 7.09. The molecule has 2 rings (SSSR count). The van der Waals surface area contributed by atoms with Gasteiger partial charge < -0.3 is 14.2 Å². The number of nitrogens with zero attached hydrogens (tertiary/aromatic N) is 2. The third-order valence-corrected chi connectivity index (χ3v) is 4.74. The maximum atomic E-state index is 12.8. The number of carbonyl (C=O) groups is 1. The number of aryl methyl sites for hydroxylation is 2. The number of rotatable bonds is 3. The Morgan fingerprint density at radius 2 is 2.25 bits per heavy atom. The number of hydrogen-bond acceptors (Lipinski definition) is 4. The number of furan rings is 1. The van der Waals surface area contributed by atoms with Gasteiger partial charge >= 0.3 is 0 Å². The topological polar surface area (TPSA) is 36.7 Å². The van der Waals surface area contributed by atoms with E-state index in [9.17, 15) is 4.79 Å². The minimum Gasteiger partial charge on any atom is -0.466 e. The van der Waals surface area contributed by atoms with E-state index in [2.05, 4.69) is 19.0 Å². The lowest BCUT2D eigenvalue weighted by Crippen LogP contribution is -2.46. The number of hydrogen-bond donors (Lipinski definition) is 0. The molecule has 0 saturated carbocycles. The molecule has 5 heteroatoms. The minimum absolute atomic E-state index is 0.119. The summed E-state index contributed by atoms with van der Waals surface area (Å²) in [5.74, 6) is 3.80. The van der Waals surface area contributed by atoms with E-state index in [1.54, 1.807) is 0 Å². The van der Waals surface area contributed by atoms with Gasteiger partial charge in [-0.15, -0.1) is 0 Å². The van der Waals surface area contributed by atoms with Crippen LogP contribution in [-0.4, -0.2) is 60.4 Å². The quantitative estimate of drug-likeness (QED) is 0.858. The molecule has 112 valence electrons. The lowest BCUT2D eigenvalue weighted by molar-refractivity contribution is 0.0674. The molecule has 1 amide bonds. The molecule has 1 atom stereocenters. The van der Waals surface area contributed by atoms with Gasteiger partial charge in [0, 0.05) is 18.8 Å². The zero-order chi connectivity index (χ0) is 14.7. The van der Waals surface area contributed by atoms with Gasteiger partial charge in [0.15, 0.2) is 0 Å². The highest BCUT2D eigenvalue weighted by Crippen LogP contribution is 2.22. The highest BCUT2D eigenvalue weighted by atomic mass is 32.2. The van der Waals surface area contributed by atoms with Crippen LogP contribution in [-0.2, 0) is 0 Å². The lowest BCUT2D eigenvalue weighted by Gasteiger charge is -2.31. The smallest absolute Gasteiger partial charge is 0.257 e. The summed E-state index contributed by atoms with van der Waals surface area (Å²) >= 11 is 1.95. The molecular formula is C15H24N2O2S. The van der Waals surface area contributed by atoms with E-state index >= 15 is 0 Å². The van der Waals surface area contributed by atoms with Gasteiger partial charge in [0.05, 0.1) is 11.6 Å². The fraction of sp³-hybridized carbons (Fsp3) is 0.667. The Labute approximate surface area is 125 Å².